The highest BCUT2D eigenvalue weighted by Gasteiger charge is 2.10. The highest BCUT2D eigenvalue weighted by molar-refractivity contribution is 6.32. The first-order chi connectivity index (χ1) is 10.2. The van der Waals surface area contributed by atoms with Crippen molar-refractivity contribution < 1.29 is 4.98 Å². The van der Waals surface area contributed by atoms with Gasteiger partial charge in [-0.1, -0.05) is 17.7 Å². The summed E-state index contributed by atoms with van der Waals surface area (Å²) in [4.78, 5) is 16.7. The minimum Gasteiger partial charge on any atom is -0.309 e. The van der Waals surface area contributed by atoms with Crippen LogP contribution in [0.4, 0.5) is 11.8 Å². The van der Waals surface area contributed by atoms with Crippen molar-refractivity contribution >= 4 is 23.4 Å². The fourth-order valence-electron chi connectivity index (χ4n) is 1.82. The Morgan fingerprint density at radius 3 is 2.95 bits per heavy atom. The molecule has 102 valence electrons. The van der Waals surface area contributed by atoms with Crippen LogP contribution >= 0.6 is 11.6 Å². The van der Waals surface area contributed by atoms with Gasteiger partial charge in [0, 0.05) is 17.8 Å². The number of hydrogen-bond donors (Lipinski definition) is 1. The van der Waals surface area contributed by atoms with Gasteiger partial charge in [-0.05, 0) is 23.5 Å². The van der Waals surface area contributed by atoms with Gasteiger partial charge in [0.05, 0.1) is 23.0 Å². The van der Waals surface area contributed by atoms with E-state index in [1.54, 1.807) is 24.7 Å². The fraction of sp³-hybridized carbons (Fsp3) is 0.0667. The molecule has 0 amide bonds. The second kappa shape index (κ2) is 5.73. The van der Waals surface area contributed by atoms with E-state index >= 15 is 0 Å². The molecule has 0 atom stereocenters. The van der Waals surface area contributed by atoms with E-state index in [1.165, 1.54) is 0 Å². The largest absolute Gasteiger partial charge is 0.312 e. The minimum absolute atomic E-state index is 0.438. The molecule has 1 N–H and O–H groups in total. The van der Waals surface area contributed by atoms with E-state index in [2.05, 4.69) is 31.4 Å². The zero-order chi connectivity index (χ0) is 14.7. The zero-order valence-electron chi connectivity index (χ0n) is 11.2. The van der Waals surface area contributed by atoms with Crippen molar-refractivity contribution in [2.45, 2.75) is 6.92 Å². The van der Waals surface area contributed by atoms with E-state index < -0.39 is 0 Å². The summed E-state index contributed by atoms with van der Waals surface area (Å²) in [7, 11) is 0. The molecule has 0 saturated carbocycles. The third kappa shape index (κ3) is 2.91. The normalized spacial score (nSPS) is 10.0. The molecule has 3 heterocycles. The van der Waals surface area contributed by atoms with E-state index in [0.29, 0.717) is 22.5 Å². The maximum absolute atomic E-state index is 6.16. The first kappa shape index (κ1) is 13.3. The van der Waals surface area contributed by atoms with Crippen LogP contribution in [0.2, 0.25) is 5.02 Å². The number of pyridine rings is 1. The molecular weight excluding hydrogens is 286 g/mol. The molecule has 0 aromatic carbocycles. The van der Waals surface area contributed by atoms with Gasteiger partial charge in [0.25, 0.3) is 0 Å². The summed E-state index contributed by atoms with van der Waals surface area (Å²) in [6.45, 7) is 1.96. The number of anilines is 2. The molecule has 21 heavy (non-hydrogen) atoms. The average molecular weight is 297 g/mol. The second-order valence-electron chi connectivity index (χ2n) is 4.36. The quantitative estimate of drug-likeness (QED) is 0.805. The van der Waals surface area contributed by atoms with Gasteiger partial charge in [-0.2, -0.15) is 0 Å². The average Bonchev–Trinajstić information content (AvgIpc) is 2.52. The molecule has 0 radical (unpaired) electrons. The summed E-state index contributed by atoms with van der Waals surface area (Å²) < 4.78 is 0. The van der Waals surface area contributed by atoms with Crippen LogP contribution in [-0.4, -0.2) is 15.0 Å². The fourth-order valence-corrected chi connectivity index (χ4v) is 2.02. The van der Waals surface area contributed by atoms with Gasteiger partial charge in [0.15, 0.2) is 0 Å². The van der Waals surface area contributed by atoms with Crippen molar-refractivity contribution in [2.75, 3.05) is 5.32 Å². The summed E-state index contributed by atoms with van der Waals surface area (Å²) in [6.07, 6.45) is 7.68. The molecule has 3 rings (SSSR count). The number of rotatable bonds is 3. The summed E-state index contributed by atoms with van der Waals surface area (Å²) in [6, 6.07) is 7.38. The number of hydrogen-bond acceptors (Lipinski definition) is 4. The monoisotopic (exact) mass is 296 g/mol. The molecule has 6 heteroatoms. The van der Waals surface area contributed by atoms with E-state index in [0.717, 1.165) is 11.1 Å². The number of nitrogens with zero attached hydrogens (tertiary/aromatic N) is 4. The van der Waals surface area contributed by atoms with E-state index in [4.69, 9.17) is 11.6 Å². The lowest BCUT2D eigenvalue weighted by atomic mass is 10.2. The Hall–Kier alpha value is -2.71. The summed E-state index contributed by atoms with van der Waals surface area (Å²) >= 11 is 6.16. The number of aromatic nitrogens is 4. The molecule has 0 bridgehead atoms. The van der Waals surface area contributed by atoms with Gasteiger partial charge in [0.2, 0.25) is 5.95 Å². The third-order valence-electron chi connectivity index (χ3n) is 2.88. The van der Waals surface area contributed by atoms with Crippen LogP contribution in [0.5, 0.6) is 0 Å². The predicted octanol–water partition coefficient (Wildman–Crippen LogP) is 2.64. The van der Waals surface area contributed by atoms with Crippen LogP contribution in [0.3, 0.4) is 0 Å². The molecule has 0 aliphatic carbocycles. The Morgan fingerprint density at radius 1 is 1.29 bits per heavy atom. The lowest BCUT2D eigenvalue weighted by molar-refractivity contribution is -0.293. The summed E-state index contributed by atoms with van der Waals surface area (Å²) in [5, 5.41) is 3.56. The molecule has 0 fully saturated rings. The smallest absolute Gasteiger partial charge is 0.309 e. The van der Waals surface area contributed by atoms with Crippen molar-refractivity contribution in [2.24, 2.45) is 0 Å². The van der Waals surface area contributed by atoms with Gasteiger partial charge >= 0.3 is 12.4 Å². The van der Waals surface area contributed by atoms with Crippen LogP contribution in [0, 0.1) is 13.1 Å². The van der Waals surface area contributed by atoms with Gasteiger partial charge < -0.3 is 5.32 Å². The molecule has 3 aromatic heterocycles. The van der Waals surface area contributed by atoms with Crippen LogP contribution < -0.4 is 10.3 Å². The topological polar surface area (TPSA) is 64.8 Å². The Bertz CT molecular complexity index is 761. The van der Waals surface area contributed by atoms with Crippen molar-refractivity contribution in [3.05, 3.63) is 59.6 Å². The number of aryl methyl sites for hydroxylation is 1. The summed E-state index contributed by atoms with van der Waals surface area (Å²) in [5.74, 6) is 1.15. The molecule has 0 unspecified atom stereocenters. The van der Waals surface area contributed by atoms with Crippen molar-refractivity contribution in [1.29, 1.82) is 0 Å². The van der Waals surface area contributed by atoms with Gasteiger partial charge in [-0.3, -0.25) is 0 Å². The Kier molecular flexibility index (Phi) is 3.63. The van der Waals surface area contributed by atoms with Gasteiger partial charge in [0.1, 0.15) is 5.82 Å². The predicted molar refractivity (Wildman–Crippen MR) is 79.2 cm³/mol. The van der Waals surface area contributed by atoms with Crippen molar-refractivity contribution in [1.82, 2.24) is 15.0 Å². The minimum atomic E-state index is 0.438. The maximum atomic E-state index is 6.16. The molecule has 0 spiro atoms. The van der Waals surface area contributed by atoms with Gasteiger partial charge in [-0.15, -0.1) is 0 Å². The Morgan fingerprint density at radius 2 is 2.19 bits per heavy atom. The van der Waals surface area contributed by atoms with Crippen LogP contribution in [0.25, 0.3) is 11.3 Å². The summed E-state index contributed by atoms with van der Waals surface area (Å²) in [5.41, 5.74) is 2.47. The highest BCUT2D eigenvalue weighted by atomic mass is 35.5. The van der Waals surface area contributed by atoms with Gasteiger partial charge in [-0.25, -0.2) is 15.0 Å². The number of nitrogens with one attached hydrogen (secondary N) is 1. The first-order valence-electron chi connectivity index (χ1n) is 6.27. The van der Waals surface area contributed by atoms with E-state index in [1.807, 2.05) is 25.1 Å². The van der Waals surface area contributed by atoms with Crippen molar-refractivity contribution in [3.8, 4) is 11.3 Å². The maximum Gasteiger partial charge on any atom is 0.312 e. The molecular formula is C15H11ClN5+. The SMILES string of the molecule is Cc1cccnc1Nc1ncc(Cl)c(-c2cc#[n+]cc2)n1. The lowest BCUT2D eigenvalue weighted by Gasteiger charge is -2.08. The second-order valence-corrected chi connectivity index (χ2v) is 4.76. The molecule has 3 aromatic rings. The zero-order valence-corrected chi connectivity index (χ0v) is 12.0. The van der Waals surface area contributed by atoms with Crippen LogP contribution in [-0.2, 0) is 0 Å². The lowest BCUT2D eigenvalue weighted by Crippen LogP contribution is -2.02. The Labute approximate surface area is 127 Å². The molecule has 0 aliphatic rings. The van der Waals surface area contributed by atoms with Crippen molar-refractivity contribution in [3.63, 3.8) is 0 Å². The van der Waals surface area contributed by atoms with E-state index in [9.17, 15) is 0 Å². The molecule has 5 nitrogen and oxygen atoms in total. The molecule has 0 saturated heterocycles. The third-order valence-corrected chi connectivity index (χ3v) is 3.16. The van der Waals surface area contributed by atoms with Crippen LogP contribution in [0.15, 0.2) is 42.9 Å². The molecule has 0 aliphatic heterocycles. The van der Waals surface area contributed by atoms with Crippen LogP contribution in [0.1, 0.15) is 5.56 Å². The highest BCUT2D eigenvalue weighted by Crippen LogP contribution is 2.26. The number of halogens is 1. The standard InChI is InChI=1S/C15H11ClN5/c1-10-3-2-6-18-14(10)21-15-19-9-12(16)13(20-15)11-4-7-17-8-5-11/h2-7,9H,1H3,(H,18,19,20,21)/q+1. The Balaban J connectivity index is 1.97. The first-order valence-corrected chi connectivity index (χ1v) is 6.65. The van der Waals surface area contributed by atoms with E-state index in [-0.39, 0.29) is 0 Å².